The van der Waals surface area contributed by atoms with Crippen LogP contribution in [0, 0.1) is 40.4 Å². The summed E-state index contributed by atoms with van der Waals surface area (Å²) >= 11 is 0. The zero-order valence-electron chi connectivity index (χ0n) is 41.9. The Bertz CT molecular complexity index is 1940. The Labute approximate surface area is 423 Å². The number of allylic oxidation sites excluding steroid dienone is 2. The van der Waals surface area contributed by atoms with Crippen molar-refractivity contribution in [2.75, 3.05) is 33.0 Å². The molecule has 73 heavy (non-hydrogen) atoms. The maximum atomic E-state index is 12.8. The summed E-state index contributed by atoms with van der Waals surface area (Å²) in [4.78, 5) is 0. The highest BCUT2D eigenvalue weighted by Crippen LogP contribution is 2.71. The Balaban J connectivity index is 0.827. The Hall–Kier alpha value is -1.18. The van der Waals surface area contributed by atoms with Crippen molar-refractivity contribution in [2.45, 2.75) is 226 Å². The maximum Gasteiger partial charge on any atom is 0.187 e. The van der Waals surface area contributed by atoms with Gasteiger partial charge in [0.15, 0.2) is 30.9 Å². The molecule has 1 spiro atoms. The molecular formula is C50H80O23. The van der Waals surface area contributed by atoms with Crippen LogP contribution in [-0.2, 0) is 47.4 Å². The average molecular weight is 1050 g/mol. The predicted octanol–water partition coefficient (Wildman–Crippen LogP) is -3.24. The molecule has 0 aromatic heterocycles. The minimum Gasteiger partial charge on any atom is -0.394 e. The zero-order chi connectivity index (χ0) is 52.3. The minimum atomic E-state index is -2.01. The van der Waals surface area contributed by atoms with Crippen LogP contribution >= 0.6 is 0 Å². The molecule has 0 amide bonds. The molecule has 4 aliphatic carbocycles. The molecule has 3 saturated carbocycles. The lowest BCUT2D eigenvalue weighted by molar-refractivity contribution is -0.404. The molecule has 0 radical (unpaired) electrons. The van der Waals surface area contributed by atoms with Gasteiger partial charge < -0.3 is 114 Å². The van der Waals surface area contributed by atoms with Crippen molar-refractivity contribution in [2.24, 2.45) is 40.4 Å². The van der Waals surface area contributed by atoms with E-state index in [4.69, 9.17) is 47.4 Å². The fourth-order valence-electron chi connectivity index (χ4n) is 15.1. The first-order valence-corrected chi connectivity index (χ1v) is 26.5. The summed E-state index contributed by atoms with van der Waals surface area (Å²) in [7, 11) is 0. The van der Waals surface area contributed by atoms with E-state index < -0.39 is 161 Å². The molecule has 418 valence electrons. The fraction of sp³-hybridized carbons (Fsp3) is 0.960. The van der Waals surface area contributed by atoms with Crippen LogP contribution in [-0.4, -0.2) is 240 Å². The van der Waals surface area contributed by atoms with Crippen LogP contribution in [0.2, 0.25) is 0 Å². The van der Waals surface area contributed by atoms with Gasteiger partial charge in [0.25, 0.3) is 0 Å². The summed E-state index contributed by atoms with van der Waals surface area (Å²) < 4.78 is 61.0. The second kappa shape index (κ2) is 20.8. The van der Waals surface area contributed by atoms with E-state index in [0.29, 0.717) is 25.4 Å². The Morgan fingerprint density at radius 2 is 1.23 bits per heavy atom. The van der Waals surface area contributed by atoms with Crippen LogP contribution in [0.25, 0.3) is 0 Å². The summed E-state index contributed by atoms with van der Waals surface area (Å²) in [5.41, 5.74) is -0.112. The summed E-state index contributed by atoms with van der Waals surface area (Å²) in [6, 6.07) is 0. The van der Waals surface area contributed by atoms with Gasteiger partial charge in [0.2, 0.25) is 0 Å². The van der Waals surface area contributed by atoms with Gasteiger partial charge in [0.1, 0.15) is 97.2 Å². The zero-order valence-corrected chi connectivity index (χ0v) is 41.9. The van der Waals surface area contributed by atoms with Crippen LogP contribution in [0.4, 0.5) is 0 Å². The smallest absolute Gasteiger partial charge is 0.187 e. The Morgan fingerprint density at radius 3 is 1.93 bits per heavy atom. The van der Waals surface area contributed by atoms with Crippen molar-refractivity contribution in [1.82, 2.24) is 0 Å². The molecule has 10 rings (SSSR count). The van der Waals surface area contributed by atoms with E-state index in [-0.39, 0.29) is 40.6 Å². The molecule has 6 saturated heterocycles. The highest BCUT2D eigenvalue weighted by Gasteiger charge is 2.76. The first-order chi connectivity index (χ1) is 34.6. The molecule has 13 N–H and O–H groups in total. The summed E-state index contributed by atoms with van der Waals surface area (Å²) in [6.07, 6.45) is -24.3. The van der Waals surface area contributed by atoms with Gasteiger partial charge in [-0.05, 0) is 80.5 Å². The number of hydrogen-bond acceptors (Lipinski definition) is 23. The number of rotatable bonds is 11. The standard InChI is InChI=1S/C50H80O23/c1-20-7-12-49(65-18-20)21(2)50(63)31(73-49)14-26-24-6-5-22-13-23(8-10-47(22,3)25(24)9-11-48(26,50)4)66-44-39(62)36(59)40(30(17-53)69-44)70-46-42(72-45-38(61)35(58)33(56)28(15-51)67-45)41(34(57)29(16-52)68-46)71-43-37(60)32(55)27(54)19-64-43/h9,20-24,26-46,51-63H,5-8,10-19H2,1-4H3. The van der Waals surface area contributed by atoms with Gasteiger partial charge >= 0.3 is 0 Å². The van der Waals surface area contributed by atoms with Gasteiger partial charge in [-0.3, -0.25) is 0 Å². The maximum absolute atomic E-state index is 12.8. The van der Waals surface area contributed by atoms with E-state index >= 15 is 0 Å². The molecule has 0 bridgehead atoms. The van der Waals surface area contributed by atoms with Crippen LogP contribution in [0.15, 0.2) is 11.6 Å². The molecule has 0 aromatic rings. The van der Waals surface area contributed by atoms with Crippen LogP contribution in [0.3, 0.4) is 0 Å². The second-order valence-corrected chi connectivity index (χ2v) is 23.5. The normalized spacial score (nSPS) is 57.1. The second-order valence-electron chi connectivity index (χ2n) is 23.5. The third kappa shape index (κ3) is 9.02. The lowest BCUT2D eigenvalue weighted by Crippen LogP contribution is -2.68. The van der Waals surface area contributed by atoms with Crippen LogP contribution in [0.1, 0.15) is 85.5 Å². The van der Waals surface area contributed by atoms with Crippen molar-refractivity contribution in [3.8, 4) is 0 Å². The minimum absolute atomic E-state index is 0.142. The van der Waals surface area contributed by atoms with Gasteiger partial charge in [0, 0.05) is 17.8 Å². The summed E-state index contributed by atoms with van der Waals surface area (Å²) in [5, 5.41) is 142. The first-order valence-electron chi connectivity index (χ1n) is 26.5. The number of ether oxygens (including phenoxy) is 10. The Morgan fingerprint density at radius 1 is 0.603 bits per heavy atom. The molecular weight excluding hydrogens is 969 g/mol. The van der Waals surface area contributed by atoms with Crippen molar-refractivity contribution in [3.63, 3.8) is 0 Å². The third-order valence-corrected chi connectivity index (χ3v) is 19.6. The molecule has 23 heteroatoms. The molecule has 30 atom stereocenters. The lowest BCUT2D eigenvalue weighted by Gasteiger charge is -2.58. The third-order valence-electron chi connectivity index (χ3n) is 19.6. The molecule has 30 unspecified atom stereocenters. The lowest BCUT2D eigenvalue weighted by atomic mass is 9.47. The molecule has 9 fully saturated rings. The van der Waals surface area contributed by atoms with E-state index in [2.05, 4.69) is 33.8 Å². The van der Waals surface area contributed by atoms with Crippen molar-refractivity contribution in [3.05, 3.63) is 11.6 Å². The van der Waals surface area contributed by atoms with Gasteiger partial charge in [-0.25, -0.2) is 0 Å². The van der Waals surface area contributed by atoms with Gasteiger partial charge in [0.05, 0.1) is 45.2 Å². The van der Waals surface area contributed by atoms with E-state index in [1.54, 1.807) is 0 Å². The van der Waals surface area contributed by atoms with E-state index in [0.717, 1.165) is 44.9 Å². The van der Waals surface area contributed by atoms with Crippen molar-refractivity contribution < 1.29 is 114 Å². The molecule has 23 nitrogen and oxygen atoms in total. The summed E-state index contributed by atoms with van der Waals surface area (Å²) in [5.74, 6) is 0.270. The molecule has 6 heterocycles. The Kier molecular flexibility index (Phi) is 15.7. The predicted molar refractivity (Wildman–Crippen MR) is 244 cm³/mol. The van der Waals surface area contributed by atoms with Crippen molar-refractivity contribution >= 4 is 0 Å². The van der Waals surface area contributed by atoms with Crippen LogP contribution < -0.4 is 0 Å². The van der Waals surface area contributed by atoms with Crippen LogP contribution in [0.5, 0.6) is 0 Å². The highest BCUT2D eigenvalue weighted by atomic mass is 16.8. The number of aliphatic hydroxyl groups excluding tert-OH is 12. The monoisotopic (exact) mass is 1050 g/mol. The first kappa shape index (κ1) is 55.1. The fourth-order valence-corrected chi connectivity index (χ4v) is 15.1. The summed E-state index contributed by atoms with van der Waals surface area (Å²) in [6.45, 7) is 6.48. The van der Waals surface area contributed by atoms with E-state index in [1.165, 1.54) is 5.57 Å². The quantitative estimate of drug-likeness (QED) is 0.0715. The van der Waals surface area contributed by atoms with E-state index in [9.17, 15) is 66.4 Å². The number of hydrogen-bond donors (Lipinski definition) is 13. The highest BCUT2D eigenvalue weighted by molar-refractivity contribution is 5.33. The SMILES string of the molecule is CC1CCC2(OC1)OC1CC3C4CCC5CC(OC6OC(CO)C(OC7OC(CO)C(O)C(OC8OCC(O)C(O)C8O)C7OC7OC(CO)C(O)C(O)C7O)C(O)C6O)CCC5(C)C4=CCC3(C)C1(O)C2C. The number of fused-ring (bicyclic) bond motifs is 7. The molecule has 10 aliphatic rings. The molecule has 6 aliphatic heterocycles. The van der Waals surface area contributed by atoms with Crippen molar-refractivity contribution in [1.29, 1.82) is 0 Å². The van der Waals surface area contributed by atoms with Gasteiger partial charge in [-0.15, -0.1) is 0 Å². The van der Waals surface area contributed by atoms with E-state index in [1.807, 2.05) is 0 Å². The average Bonchev–Trinajstić information content (AvgIpc) is 3.73. The van der Waals surface area contributed by atoms with Gasteiger partial charge in [-0.2, -0.15) is 0 Å². The van der Waals surface area contributed by atoms with Gasteiger partial charge in [-0.1, -0.05) is 39.3 Å². The molecule has 0 aromatic carbocycles. The largest absolute Gasteiger partial charge is 0.394 e. The topological polar surface area (TPSA) is 355 Å². The number of aliphatic hydroxyl groups is 13.